The van der Waals surface area contributed by atoms with Crippen molar-refractivity contribution >= 4 is 21.6 Å². The van der Waals surface area contributed by atoms with E-state index in [1.165, 1.54) is 26.2 Å². The first-order valence-corrected chi connectivity index (χ1v) is 7.64. The normalized spacial score (nSPS) is 13.0. The smallest absolute Gasteiger partial charge is 0.289 e. The molecule has 1 rings (SSSR count). The monoisotopic (exact) mass is 315 g/mol. The van der Waals surface area contributed by atoms with E-state index in [1.807, 2.05) is 0 Å². The predicted octanol–water partition coefficient (Wildman–Crippen LogP) is 0.740. The summed E-state index contributed by atoms with van der Waals surface area (Å²) in [7, 11) is -1.52. The molecule has 116 valence electrons. The summed E-state index contributed by atoms with van der Waals surface area (Å²) in [6.45, 7) is 1.66. The Morgan fingerprint density at radius 2 is 2.00 bits per heavy atom. The molecule has 1 aromatic carbocycles. The van der Waals surface area contributed by atoms with E-state index in [2.05, 4.69) is 5.32 Å². The van der Waals surface area contributed by atoms with Crippen molar-refractivity contribution in [3.8, 4) is 0 Å². The highest BCUT2D eigenvalue weighted by atomic mass is 32.2. The van der Waals surface area contributed by atoms with Crippen molar-refractivity contribution in [2.75, 3.05) is 14.1 Å². The first kappa shape index (κ1) is 17.1. The van der Waals surface area contributed by atoms with Gasteiger partial charge in [0, 0.05) is 20.2 Å². The Balaban J connectivity index is 3.34. The number of nitro groups is 1. The van der Waals surface area contributed by atoms with E-state index in [4.69, 9.17) is 0 Å². The van der Waals surface area contributed by atoms with Crippen LogP contribution in [0, 0.1) is 10.1 Å². The van der Waals surface area contributed by atoms with E-state index in [-0.39, 0.29) is 6.42 Å². The van der Waals surface area contributed by atoms with Gasteiger partial charge in [0.05, 0.1) is 4.92 Å². The van der Waals surface area contributed by atoms with Gasteiger partial charge in [0.1, 0.15) is 6.04 Å². The van der Waals surface area contributed by atoms with Gasteiger partial charge in [-0.1, -0.05) is 19.1 Å². The lowest BCUT2D eigenvalue weighted by atomic mass is 10.2. The van der Waals surface area contributed by atoms with Crippen LogP contribution in [0.4, 0.5) is 5.69 Å². The molecule has 0 saturated heterocycles. The molecule has 0 radical (unpaired) electrons. The van der Waals surface area contributed by atoms with Crippen molar-refractivity contribution in [3.05, 3.63) is 34.4 Å². The molecule has 0 aliphatic carbocycles. The minimum Gasteiger partial charge on any atom is -0.358 e. The van der Waals surface area contributed by atoms with Crippen LogP contribution in [-0.4, -0.2) is 43.7 Å². The lowest BCUT2D eigenvalue weighted by molar-refractivity contribution is -0.387. The molecule has 0 aliphatic heterocycles. The van der Waals surface area contributed by atoms with E-state index < -0.39 is 37.5 Å². The fraction of sp³-hybridized carbons (Fsp3) is 0.417. The van der Waals surface area contributed by atoms with Crippen molar-refractivity contribution in [1.29, 1.82) is 0 Å². The van der Waals surface area contributed by atoms with E-state index >= 15 is 0 Å². The topological polar surface area (TPSA) is 110 Å². The summed E-state index contributed by atoms with van der Waals surface area (Å²) in [5.41, 5.74) is -0.517. The van der Waals surface area contributed by atoms with Crippen LogP contribution in [0.3, 0.4) is 0 Å². The molecule has 21 heavy (non-hydrogen) atoms. The molecule has 0 heterocycles. The minimum absolute atomic E-state index is 0.246. The number of amides is 1. The number of nitrogens with one attached hydrogen (secondary N) is 1. The highest BCUT2D eigenvalue weighted by molar-refractivity contribution is 7.89. The molecular formula is C12H17N3O5S. The molecule has 9 heteroatoms. The molecule has 1 amide bonds. The maximum Gasteiger partial charge on any atom is 0.289 e. The fourth-order valence-corrected chi connectivity index (χ4v) is 3.47. The fourth-order valence-electron chi connectivity index (χ4n) is 1.92. The lowest BCUT2D eigenvalue weighted by Gasteiger charge is -2.24. The van der Waals surface area contributed by atoms with E-state index in [1.54, 1.807) is 6.92 Å². The molecule has 0 aromatic heterocycles. The number of carbonyl (C=O) groups excluding carboxylic acids is 1. The van der Waals surface area contributed by atoms with Gasteiger partial charge in [-0.25, -0.2) is 8.42 Å². The molecule has 0 saturated carbocycles. The van der Waals surface area contributed by atoms with Crippen molar-refractivity contribution < 1.29 is 18.1 Å². The average molecular weight is 315 g/mol. The van der Waals surface area contributed by atoms with Gasteiger partial charge in [0.2, 0.25) is 15.9 Å². The van der Waals surface area contributed by atoms with Crippen LogP contribution in [0.1, 0.15) is 13.3 Å². The number of benzene rings is 1. The number of hydrogen-bond donors (Lipinski definition) is 1. The molecule has 1 atom stereocenters. The van der Waals surface area contributed by atoms with Crippen LogP contribution >= 0.6 is 0 Å². The maximum absolute atomic E-state index is 12.5. The van der Waals surface area contributed by atoms with E-state index in [0.29, 0.717) is 0 Å². The molecular weight excluding hydrogens is 298 g/mol. The van der Waals surface area contributed by atoms with Gasteiger partial charge in [0.25, 0.3) is 5.69 Å². The predicted molar refractivity (Wildman–Crippen MR) is 76.2 cm³/mol. The largest absolute Gasteiger partial charge is 0.358 e. The second-order valence-corrected chi connectivity index (χ2v) is 6.25. The van der Waals surface area contributed by atoms with E-state index in [9.17, 15) is 23.3 Å². The highest BCUT2D eigenvalue weighted by Crippen LogP contribution is 2.27. The Morgan fingerprint density at radius 3 is 2.48 bits per heavy atom. The van der Waals surface area contributed by atoms with Gasteiger partial charge in [-0.15, -0.1) is 0 Å². The summed E-state index contributed by atoms with van der Waals surface area (Å²) in [5, 5.41) is 13.3. The van der Waals surface area contributed by atoms with Crippen molar-refractivity contribution in [1.82, 2.24) is 9.62 Å². The van der Waals surface area contributed by atoms with Gasteiger partial charge < -0.3 is 5.32 Å². The quantitative estimate of drug-likeness (QED) is 0.615. The van der Waals surface area contributed by atoms with Crippen molar-refractivity contribution in [2.45, 2.75) is 24.3 Å². The number of carbonyl (C=O) groups is 1. The summed E-state index contributed by atoms with van der Waals surface area (Å²) < 4.78 is 25.9. The Labute approximate surface area is 123 Å². The van der Waals surface area contributed by atoms with Crippen LogP contribution < -0.4 is 5.32 Å². The van der Waals surface area contributed by atoms with Crippen LogP contribution in [0.15, 0.2) is 29.2 Å². The number of para-hydroxylation sites is 1. The summed E-state index contributed by atoms with van der Waals surface area (Å²) in [6, 6.07) is 4.11. The van der Waals surface area contributed by atoms with Gasteiger partial charge in [-0.2, -0.15) is 4.31 Å². The molecule has 1 aromatic rings. The average Bonchev–Trinajstić information content (AvgIpc) is 2.47. The number of rotatable bonds is 6. The number of sulfonamides is 1. The number of nitro benzene ring substituents is 1. The molecule has 0 spiro atoms. The number of nitrogens with zero attached hydrogens (tertiary/aromatic N) is 2. The minimum atomic E-state index is -4.15. The summed E-state index contributed by atoms with van der Waals surface area (Å²) >= 11 is 0. The number of hydrogen-bond acceptors (Lipinski definition) is 5. The summed E-state index contributed by atoms with van der Waals surface area (Å²) in [5.74, 6) is -0.470. The highest BCUT2D eigenvalue weighted by Gasteiger charge is 2.35. The summed E-state index contributed by atoms with van der Waals surface area (Å²) in [4.78, 5) is 21.5. The Hall–Kier alpha value is -2.00. The molecule has 0 fully saturated rings. The van der Waals surface area contributed by atoms with Crippen LogP contribution in [0.2, 0.25) is 0 Å². The third kappa shape index (κ3) is 3.37. The third-order valence-electron chi connectivity index (χ3n) is 3.09. The number of likely N-dealkylation sites (N-methyl/N-ethyl adjacent to an activating group) is 2. The Bertz CT molecular complexity index is 644. The first-order chi connectivity index (χ1) is 9.77. The van der Waals surface area contributed by atoms with Crippen LogP contribution in [0.25, 0.3) is 0 Å². The Kier molecular flexibility index (Phi) is 5.39. The zero-order valence-corrected chi connectivity index (χ0v) is 12.8. The van der Waals surface area contributed by atoms with Gasteiger partial charge in [0.15, 0.2) is 4.90 Å². The first-order valence-electron chi connectivity index (χ1n) is 6.20. The zero-order chi connectivity index (χ0) is 16.2. The molecule has 1 N–H and O–H groups in total. The van der Waals surface area contributed by atoms with E-state index in [0.717, 1.165) is 16.4 Å². The SMILES string of the molecule is CC[C@H](C(=O)NC)N(C)S(=O)(=O)c1ccccc1[N+](=O)[O-]. The van der Waals surface area contributed by atoms with Gasteiger partial charge in [-0.3, -0.25) is 14.9 Å². The molecule has 8 nitrogen and oxygen atoms in total. The lowest BCUT2D eigenvalue weighted by Crippen LogP contribution is -2.46. The summed E-state index contributed by atoms with van der Waals surface area (Å²) in [6.07, 6.45) is 0.246. The standard InChI is InChI=1S/C12H17N3O5S/c1-4-9(12(16)13-2)14(3)21(19,20)11-8-6-5-7-10(11)15(17)18/h5-9H,4H2,1-3H3,(H,13,16)/t9-/m1/s1. The van der Waals surface area contributed by atoms with Crippen LogP contribution in [-0.2, 0) is 14.8 Å². The Morgan fingerprint density at radius 1 is 1.43 bits per heavy atom. The van der Waals surface area contributed by atoms with Crippen molar-refractivity contribution in [3.63, 3.8) is 0 Å². The zero-order valence-electron chi connectivity index (χ0n) is 11.9. The third-order valence-corrected chi connectivity index (χ3v) is 5.01. The maximum atomic E-state index is 12.5. The van der Waals surface area contributed by atoms with Crippen LogP contribution in [0.5, 0.6) is 0 Å². The van der Waals surface area contributed by atoms with Gasteiger partial charge in [-0.05, 0) is 12.5 Å². The molecule has 0 aliphatic rings. The second kappa shape index (κ2) is 6.64. The molecule has 0 bridgehead atoms. The van der Waals surface area contributed by atoms with Crippen molar-refractivity contribution in [2.24, 2.45) is 0 Å². The molecule has 0 unspecified atom stereocenters. The second-order valence-electron chi connectivity index (χ2n) is 4.28. The van der Waals surface area contributed by atoms with Gasteiger partial charge >= 0.3 is 0 Å².